The maximum atomic E-state index is 11.6. The minimum Gasteiger partial charge on any atom is -0.494 e. The Morgan fingerprint density at radius 1 is 1.24 bits per heavy atom. The molecule has 0 fully saturated rings. The van der Waals surface area contributed by atoms with Crippen molar-refractivity contribution in [3.63, 3.8) is 0 Å². The highest BCUT2D eigenvalue weighted by Gasteiger charge is 2.02. The molecule has 0 radical (unpaired) electrons. The summed E-state index contributed by atoms with van der Waals surface area (Å²) >= 11 is 3.32. The number of amides is 2. The van der Waals surface area contributed by atoms with Gasteiger partial charge in [0.15, 0.2) is 0 Å². The van der Waals surface area contributed by atoms with E-state index in [0.29, 0.717) is 19.0 Å². The van der Waals surface area contributed by atoms with Crippen LogP contribution >= 0.6 is 15.9 Å². The van der Waals surface area contributed by atoms with E-state index in [1.807, 2.05) is 30.3 Å². The molecule has 0 bridgehead atoms. The smallest absolute Gasteiger partial charge is 0.320 e. The first-order valence-electron chi connectivity index (χ1n) is 6.58. The van der Waals surface area contributed by atoms with Crippen molar-refractivity contribution in [3.05, 3.63) is 53.1 Å². The first-order valence-corrected chi connectivity index (χ1v) is 7.37. The average molecular weight is 350 g/mol. The number of rotatable bonds is 6. The molecule has 1 aromatic heterocycles. The van der Waals surface area contributed by atoms with E-state index in [2.05, 4.69) is 31.5 Å². The third kappa shape index (κ3) is 5.83. The Kier molecular flexibility index (Phi) is 6.02. The van der Waals surface area contributed by atoms with Crippen molar-refractivity contribution in [1.29, 1.82) is 0 Å². The summed E-state index contributed by atoms with van der Waals surface area (Å²) in [6, 6.07) is 12.8. The Morgan fingerprint density at radius 3 is 2.81 bits per heavy atom. The zero-order valence-corrected chi connectivity index (χ0v) is 13.0. The molecule has 0 atom stereocenters. The average Bonchev–Trinajstić information content (AvgIpc) is 2.48. The normalized spacial score (nSPS) is 9.95. The van der Waals surface area contributed by atoms with Crippen molar-refractivity contribution >= 4 is 27.8 Å². The number of nitrogens with zero attached hydrogens (tertiary/aromatic N) is 1. The molecule has 5 nitrogen and oxygen atoms in total. The minimum absolute atomic E-state index is 0.277. The number of hydrogen-bond acceptors (Lipinski definition) is 3. The van der Waals surface area contributed by atoms with Crippen LogP contribution in [-0.2, 0) is 0 Å². The van der Waals surface area contributed by atoms with Gasteiger partial charge in [0.05, 0.1) is 6.61 Å². The van der Waals surface area contributed by atoms with Gasteiger partial charge in [0.2, 0.25) is 0 Å². The zero-order chi connectivity index (χ0) is 14.9. The van der Waals surface area contributed by atoms with E-state index in [9.17, 15) is 4.79 Å². The lowest BCUT2D eigenvalue weighted by Gasteiger charge is -2.08. The van der Waals surface area contributed by atoms with Gasteiger partial charge in [-0.2, -0.15) is 0 Å². The molecule has 2 rings (SSSR count). The monoisotopic (exact) mass is 349 g/mol. The van der Waals surface area contributed by atoms with Crippen molar-refractivity contribution in [3.8, 4) is 5.75 Å². The minimum atomic E-state index is -0.277. The van der Waals surface area contributed by atoms with Crippen LogP contribution in [-0.4, -0.2) is 24.2 Å². The molecule has 0 saturated heterocycles. The van der Waals surface area contributed by atoms with Gasteiger partial charge in [-0.3, -0.25) is 5.32 Å². The Morgan fingerprint density at radius 2 is 2.05 bits per heavy atom. The van der Waals surface area contributed by atoms with Gasteiger partial charge in [-0.25, -0.2) is 9.78 Å². The molecule has 21 heavy (non-hydrogen) atoms. The molecule has 6 heteroatoms. The third-order valence-corrected chi connectivity index (χ3v) is 3.08. The molecule has 0 aliphatic rings. The van der Waals surface area contributed by atoms with E-state index in [1.165, 1.54) is 0 Å². The van der Waals surface area contributed by atoms with E-state index in [0.717, 1.165) is 16.6 Å². The van der Waals surface area contributed by atoms with Crippen LogP contribution in [0.4, 0.5) is 10.6 Å². The molecular weight excluding hydrogens is 334 g/mol. The number of para-hydroxylation sites is 1. The number of benzene rings is 1. The maximum absolute atomic E-state index is 11.6. The molecule has 0 aliphatic carbocycles. The summed E-state index contributed by atoms with van der Waals surface area (Å²) in [7, 11) is 0. The highest BCUT2D eigenvalue weighted by Crippen LogP contribution is 2.12. The van der Waals surface area contributed by atoms with Crippen molar-refractivity contribution in [1.82, 2.24) is 10.3 Å². The van der Waals surface area contributed by atoms with Gasteiger partial charge in [0, 0.05) is 17.2 Å². The standard InChI is InChI=1S/C15H16BrN3O2/c16-12-7-9-17-14(11-12)19-15(20)18-8-4-10-21-13-5-2-1-3-6-13/h1-3,5-7,9,11H,4,8,10H2,(H2,17,18,19,20). The second-order valence-corrected chi connectivity index (χ2v) is 5.17. The van der Waals surface area contributed by atoms with Crippen LogP contribution in [0.3, 0.4) is 0 Å². The number of carbonyl (C=O) groups is 1. The molecule has 0 saturated carbocycles. The largest absolute Gasteiger partial charge is 0.494 e. The van der Waals surface area contributed by atoms with E-state index >= 15 is 0 Å². The van der Waals surface area contributed by atoms with E-state index in [4.69, 9.17) is 4.74 Å². The fraction of sp³-hybridized carbons (Fsp3) is 0.200. The van der Waals surface area contributed by atoms with Gasteiger partial charge in [-0.15, -0.1) is 0 Å². The van der Waals surface area contributed by atoms with Crippen LogP contribution in [0.2, 0.25) is 0 Å². The van der Waals surface area contributed by atoms with E-state index in [-0.39, 0.29) is 6.03 Å². The number of nitrogens with one attached hydrogen (secondary N) is 2. The predicted octanol–water partition coefficient (Wildman–Crippen LogP) is 3.43. The summed E-state index contributed by atoms with van der Waals surface area (Å²) in [5.74, 6) is 1.34. The number of aromatic nitrogens is 1. The zero-order valence-electron chi connectivity index (χ0n) is 11.4. The fourth-order valence-corrected chi connectivity index (χ4v) is 1.95. The quantitative estimate of drug-likeness (QED) is 0.785. The summed E-state index contributed by atoms with van der Waals surface area (Å²) in [4.78, 5) is 15.7. The Balaban J connectivity index is 1.61. The second-order valence-electron chi connectivity index (χ2n) is 4.26. The number of urea groups is 1. The van der Waals surface area contributed by atoms with Gasteiger partial charge in [-0.1, -0.05) is 34.1 Å². The van der Waals surface area contributed by atoms with Crippen LogP contribution < -0.4 is 15.4 Å². The first-order chi connectivity index (χ1) is 10.2. The number of carbonyl (C=O) groups excluding carboxylic acids is 1. The number of anilines is 1. The number of ether oxygens (including phenoxy) is 1. The molecule has 0 spiro atoms. The lowest BCUT2D eigenvalue weighted by atomic mass is 10.3. The summed E-state index contributed by atoms with van der Waals surface area (Å²) in [5.41, 5.74) is 0. The lowest BCUT2D eigenvalue weighted by Crippen LogP contribution is -2.30. The first kappa shape index (κ1) is 15.3. The van der Waals surface area contributed by atoms with E-state index < -0.39 is 0 Å². The molecular formula is C15H16BrN3O2. The fourth-order valence-electron chi connectivity index (χ4n) is 1.61. The van der Waals surface area contributed by atoms with Crippen molar-refractivity contribution < 1.29 is 9.53 Å². The molecule has 2 N–H and O–H groups in total. The van der Waals surface area contributed by atoms with Gasteiger partial charge < -0.3 is 10.1 Å². The summed E-state index contributed by atoms with van der Waals surface area (Å²) in [6.45, 7) is 1.09. The Bertz CT molecular complexity index is 578. The van der Waals surface area contributed by atoms with Gasteiger partial charge in [-0.05, 0) is 30.7 Å². The van der Waals surface area contributed by atoms with Gasteiger partial charge in [0.1, 0.15) is 11.6 Å². The SMILES string of the molecule is O=C(NCCCOc1ccccc1)Nc1cc(Br)ccn1. The molecule has 0 unspecified atom stereocenters. The van der Waals surface area contributed by atoms with Crippen LogP contribution in [0.25, 0.3) is 0 Å². The maximum Gasteiger partial charge on any atom is 0.320 e. The van der Waals surface area contributed by atoms with Crippen molar-refractivity contribution in [2.75, 3.05) is 18.5 Å². The molecule has 1 heterocycles. The highest BCUT2D eigenvalue weighted by atomic mass is 79.9. The predicted molar refractivity (Wildman–Crippen MR) is 85.5 cm³/mol. The summed E-state index contributed by atoms with van der Waals surface area (Å²) < 4.78 is 6.40. The van der Waals surface area contributed by atoms with Crippen LogP contribution in [0, 0.1) is 0 Å². The number of pyridine rings is 1. The Labute approximate surface area is 131 Å². The lowest BCUT2D eigenvalue weighted by molar-refractivity contribution is 0.250. The second kappa shape index (κ2) is 8.26. The number of halogens is 1. The third-order valence-electron chi connectivity index (χ3n) is 2.58. The summed E-state index contributed by atoms with van der Waals surface area (Å²) in [6.07, 6.45) is 2.35. The highest BCUT2D eigenvalue weighted by molar-refractivity contribution is 9.10. The van der Waals surface area contributed by atoms with Crippen molar-refractivity contribution in [2.45, 2.75) is 6.42 Å². The van der Waals surface area contributed by atoms with Crippen molar-refractivity contribution in [2.24, 2.45) is 0 Å². The van der Waals surface area contributed by atoms with E-state index in [1.54, 1.807) is 18.3 Å². The van der Waals surface area contributed by atoms with Crippen LogP contribution in [0.15, 0.2) is 53.1 Å². The van der Waals surface area contributed by atoms with Crippen LogP contribution in [0.1, 0.15) is 6.42 Å². The van der Waals surface area contributed by atoms with Gasteiger partial charge >= 0.3 is 6.03 Å². The molecule has 2 aromatic rings. The van der Waals surface area contributed by atoms with Crippen LogP contribution in [0.5, 0.6) is 5.75 Å². The molecule has 2 amide bonds. The Hall–Kier alpha value is -2.08. The molecule has 110 valence electrons. The number of hydrogen-bond donors (Lipinski definition) is 2. The van der Waals surface area contributed by atoms with Gasteiger partial charge in [0.25, 0.3) is 0 Å². The summed E-state index contributed by atoms with van der Waals surface area (Å²) in [5, 5.41) is 5.41. The topological polar surface area (TPSA) is 63.2 Å². The molecule has 1 aromatic carbocycles. The molecule has 0 aliphatic heterocycles.